The van der Waals surface area contributed by atoms with Gasteiger partial charge in [0, 0.05) is 120 Å². The van der Waals surface area contributed by atoms with Crippen LogP contribution >= 0.6 is 64.2 Å². The van der Waals surface area contributed by atoms with Crippen LogP contribution in [0.15, 0.2) is 102 Å². The van der Waals surface area contributed by atoms with Crippen molar-refractivity contribution in [3.8, 4) is 34.5 Å². The molecule has 0 bridgehead atoms. The number of amides is 7. The number of carbonyl (C=O) groups excluding carboxylic acids is 7. The van der Waals surface area contributed by atoms with Gasteiger partial charge in [-0.25, -0.2) is 13.6 Å². The van der Waals surface area contributed by atoms with E-state index in [0.29, 0.717) is 118 Å². The van der Waals surface area contributed by atoms with Crippen LogP contribution in [0.2, 0.25) is 5.02 Å². The van der Waals surface area contributed by atoms with Crippen LogP contribution in [-0.4, -0.2) is 102 Å². The first-order valence-corrected chi connectivity index (χ1v) is 37.6. The van der Waals surface area contributed by atoms with E-state index in [1.807, 2.05) is 39.0 Å². The lowest BCUT2D eigenvalue weighted by molar-refractivity contribution is -0.117. The van der Waals surface area contributed by atoms with Crippen LogP contribution in [0, 0.1) is 11.6 Å². The number of anilines is 10. The summed E-state index contributed by atoms with van der Waals surface area (Å²) in [5.41, 5.74) is 11.8. The molecule has 0 aliphatic carbocycles. The van der Waals surface area contributed by atoms with Crippen molar-refractivity contribution in [1.82, 2.24) is 10.6 Å². The van der Waals surface area contributed by atoms with E-state index < -0.39 is 17.7 Å². The van der Waals surface area contributed by atoms with E-state index in [2.05, 4.69) is 79.7 Å². The van der Waals surface area contributed by atoms with E-state index in [9.17, 15) is 62.8 Å². The maximum Gasteiger partial charge on any atom is 0.413 e. The number of halogens is 4. The molecule has 6 aliphatic rings. The molecule has 6 aliphatic heterocycles. The highest BCUT2D eigenvalue weighted by molar-refractivity contribution is 9.10. The van der Waals surface area contributed by atoms with Gasteiger partial charge < -0.3 is 93.5 Å². The van der Waals surface area contributed by atoms with Crippen molar-refractivity contribution in [2.45, 2.75) is 149 Å². The average molecular weight is 1650 g/mol. The number of methoxy groups -OCH3 is 1. The first-order valence-electron chi connectivity index (χ1n) is 35.2. The Kier molecular flexibility index (Phi) is 31.0. The van der Waals surface area contributed by atoms with Crippen molar-refractivity contribution in [2.75, 3.05) is 66.9 Å². The standard InChI is InChI=1S/C17H16FN3O2S.C16H23N3O2S.C14H17N3O4S.C10H10BrNO2.C10H10ClNO2.C10H10FNO2/c18-11-4-6-12(7-5-11)19-17(24)21-14-8-10-2-1-3-16(23)20-13(10)9-15(14)22;1-16(2,3)19-15(22)18-12-8-10-6-5-7-14(20)17-11(10)9-13(12)21-4;1-2-21-14(20)17-13(22)16-10-6-8-4-3-5-12(19)15-9(8)7-11(10)18;3*11-7-4-6-2-1-3-10(14)12-8(6)5-9(7)13/h4-9,22H,1-3H2,(H,20,23)(H2,19,21,24);8-9H,5-7H2,1-4H3,(H,17,20)(H2,18,19,22);6-7,18H,2-5H2,1H3,(H,15,19)(H2,16,17,20,22);3*4-5,13H,1-3H2,(H,12,14). The highest BCUT2D eigenvalue weighted by Crippen LogP contribution is 2.39. The number of hydrogen-bond donors (Lipinski definition) is 17. The lowest BCUT2D eigenvalue weighted by atomic mass is 10.1. The van der Waals surface area contributed by atoms with Crippen molar-refractivity contribution in [3.63, 3.8) is 0 Å². The number of carbonyl (C=O) groups is 7. The van der Waals surface area contributed by atoms with Crippen LogP contribution < -0.4 is 68.5 Å². The number of phenols is 5. The highest BCUT2D eigenvalue weighted by atomic mass is 79.9. The maximum atomic E-state index is 13.0. The van der Waals surface area contributed by atoms with Crippen molar-refractivity contribution >= 4 is 178 Å². The smallest absolute Gasteiger partial charge is 0.413 e. The third-order valence-corrected chi connectivity index (χ3v) is 18.5. The zero-order chi connectivity index (χ0) is 79.9. The number of thiocarbonyl (C=S) groups is 3. The van der Waals surface area contributed by atoms with Gasteiger partial charge in [-0.15, -0.1) is 0 Å². The fraction of sp³-hybridized carbons (Fsp3) is 0.325. The molecule has 0 saturated carbocycles. The van der Waals surface area contributed by atoms with E-state index in [1.165, 1.54) is 42.5 Å². The highest BCUT2D eigenvalue weighted by Gasteiger charge is 2.23. The fourth-order valence-corrected chi connectivity index (χ4v) is 13.2. The Bertz CT molecular complexity index is 4470. The number of rotatable bonds is 6. The van der Waals surface area contributed by atoms with Gasteiger partial charge in [0.05, 0.1) is 40.3 Å². The Morgan fingerprint density at radius 1 is 0.464 bits per heavy atom. The molecule has 110 heavy (non-hydrogen) atoms. The number of hydrogen-bond acceptors (Lipinski definition) is 17. The Hall–Kier alpha value is -10.7. The van der Waals surface area contributed by atoms with E-state index in [-0.39, 0.29) is 86.6 Å². The summed E-state index contributed by atoms with van der Waals surface area (Å²) < 4.78 is 36.7. The van der Waals surface area contributed by atoms with E-state index in [1.54, 1.807) is 50.4 Å². The maximum absolute atomic E-state index is 13.0. The number of alkyl carbamates (subject to hydrolysis) is 1. The monoisotopic (exact) mass is 1650 g/mol. The molecule has 13 rings (SSSR count). The van der Waals surface area contributed by atoms with Gasteiger partial charge in [0.25, 0.3) is 0 Å². The number of nitrogens with one attached hydrogen (secondary N) is 12. The summed E-state index contributed by atoms with van der Waals surface area (Å²) in [7, 11) is 1.60. The summed E-state index contributed by atoms with van der Waals surface area (Å²) in [5.74, 6) is -0.820. The molecule has 7 aromatic rings. The van der Waals surface area contributed by atoms with Crippen LogP contribution in [0.25, 0.3) is 0 Å². The van der Waals surface area contributed by atoms with Crippen molar-refractivity contribution < 1.29 is 77.3 Å². The predicted molar refractivity (Wildman–Crippen MR) is 437 cm³/mol. The van der Waals surface area contributed by atoms with Gasteiger partial charge in [0.15, 0.2) is 26.9 Å². The zero-order valence-corrected chi connectivity index (χ0v) is 65.6. The fourth-order valence-electron chi connectivity index (χ4n) is 11.7. The van der Waals surface area contributed by atoms with Gasteiger partial charge in [-0.05, 0) is 251 Å². The number of fused-ring (bicyclic) bond motifs is 6. The van der Waals surface area contributed by atoms with Gasteiger partial charge in [-0.2, -0.15) is 0 Å². The normalized spacial score (nSPS) is 14.5. The second-order valence-electron chi connectivity index (χ2n) is 26.8. The minimum atomic E-state index is -0.665. The Labute approximate surface area is 663 Å². The Morgan fingerprint density at radius 3 is 1.24 bits per heavy atom. The minimum Gasteiger partial charge on any atom is -0.507 e. The number of aromatic hydroxyl groups is 5. The SMILES string of the molecule is CCOC(=O)NC(=S)Nc1cc2c(cc1O)NC(=O)CCC2.COc1cc2c(cc1NC(=S)NC(C)(C)C)CCCC(=O)N2.O=C1CCCc2cc(Br)c(O)cc2N1.O=C1CCCc2cc(Cl)c(O)cc2N1.O=C1CCCc2cc(F)c(O)cc2N1.O=C1CCCc2cc(NC(=S)Nc3ccc(F)cc3)c(O)cc2N1. The van der Waals surface area contributed by atoms with Crippen molar-refractivity contribution in [2.24, 2.45) is 0 Å². The van der Waals surface area contributed by atoms with E-state index >= 15 is 0 Å². The van der Waals surface area contributed by atoms with Crippen LogP contribution in [0.1, 0.15) is 138 Å². The van der Waals surface area contributed by atoms with Gasteiger partial charge in [0.1, 0.15) is 34.6 Å². The third kappa shape index (κ3) is 26.3. The first-order chi connectivity index (χ1) is 52.3. The van der Waals surface area contributed by atoms with Gasteiger partial charge in [-0.1, -0.05) is 11.6 Å². The molecule has 0 unspecified atom stereocenters. The summed E-state index contributed by atoms with van der Waals surface area (Å²) in [6, 6.07) is 25.3. The van der Waals surface area contributed by atoms with Crippen molar-refractivity contribution in [1.29, 1.82) is 0 Å². The van der Waals surface area contributed by atoms with Crippen LogP contribution in [0.3, 0.4) is 0 Å². The molecule has 17 N–H and O–H groups in total. The molecular weight excluding hydrogens is 1570 g/mol. The lowest BCUT2D eigenvalue weighted by Crippen LogP contribution is -2.43. The molecule has 7 aromatic carbocycles. The van der Waals surface area contributed by atoms with Crippen LogP contribution in [-0.2, 0) is 72.0 Å². The van der Waals surface area contributed by atoms with Gasteiger partial charge in [-0.3, -0.25) is 34.1 Å². The Morgan fingerprint density at radius 2 is 0.818 bits per heavy atom. The molecule has 0 atom stereocenters. The predicted octanol–water partition coefficient (Wildman–Crippen LogP) is 15.3. The van der Waals surface area contributed by atoms with Crippen LogP contribution in [0.4, 0.5) is 70.4 Å². The average Bonchev–Trinajstić information content (AvgIpc) is 1.31. The molecule has 7 amide bonds. The van der Waals surface area contributed by atoms with Crippen molar-refractivity contribution in [3.05, 3.63) is 152 Å². The molecule has 26 nitrogen and oxygen atoms in total. The van der Waals surface area contributed by atoms with E-state index in [4.69, 9.17) is 62.8 Å². The second kappa shape index (κ2) is 40.1. The summed E-state index contributed by atoms with van der Waals surface area (Å²) in [6.07, 6.45) is 11.6. The molecule has 0 radical (unpaired) electrons. The molecule has 584 valence electrons. The van der Waals surface area contributed by atoms with Gasteiger partial charge in [0.2, 0.25) is 35.4 Å². The molecular formula is C77H86BrClF2N12O14S3. The second-order valence-corrected chi connectivity index (χ2v) is 29.3. The molecule has 0 fully saturated rings. The molecule has 0 spiro atoms. The van der Waals surface area contributed by atoms with Gasteiger partial charge >= 0.3 is 6.09 Å². The van der Waals surface area contributed by atoms with Crippen LogP contribution in [0.5, 0.6) is 34.5 Å². The topological polar surface area (TPSA) is 383 Å². The number of ether oxygens (including phenoxy) is 2. The quantitative estimate of drug-likeness (QED) is 0.0543. The largest absolute Gasteiger partial charge is 0.507 e. The summed E-state index contributed by atoms with van der Waals surface area (Å²) in [5, 5.41) is 83.2. The van der Waals surface area contributed by atoms with E-state index in [0.717, 1.165) is 108 Å². The number of phenolic OH excluding ortho intramolecular Hbond substituents is 5. The molecule has 0 saturated heterocycles. The first kappa shape index (κ1) is 84.9. The number of aryl methyl sites for hydroxylation is 6. The summed E-state index contributed by atoms with van der Waals surface area (Å²) in [6.45, 7) is 8.06. The molecule has 6 heterocycles. The zero-order valence-electron chi connectivity index (χ0n) is 60.8. The Balaban J connectivity index is 0.000000168. The lowest BCUT2D eigenvalue weighted by Gasteiger charge is -2.24. The molecule has 0 aromatic heterocycles. The minimum absolute atomic E-state index is 0.00705. The molecule has 33 heteroatoms. The number of benzene rings is 7. The summed E-state index contributed by atoms with van der Waals surface area (Å²) >= 11 is 24.6. The summed E-state index contributed by atoms with van der Waals surface area (Å²) in [4.78, 5) is 79.6. The third-order valence-electron chi connectivity index (χ3n) is 17.0.